The Morgan fingerprint density at radius 1 is 1.38 bits per heavy atom. The molecule has 0 fully saturated rings. The lowest BCUT2D eigenvalue weighted by Crippen LogP contribution is -2.09. The van der Waals surface area contributed by atoms with Gasteiger partial charge < -0.3 is 15.3 Å². The van der Waals surface area contributed by atoms with E-state index in [2.05, 4.69) is 0 Å². The molecule has 0 bridgehead atoms. The third kappa shape index (κ3) is 1.22. The molecule has 0 aliphatic rings. The van der Waals surface area contributed by atoms with Gasteiger partial charge in [-0.2, -0.15) is 0 Å². The largest absolute Gasteiger partial charge is 0.508 e. The summed E-state index contributed by atoms with van der Waals surface area (Å²) < 4.78 is 5.22. The molecule has 66 valence electrons. The van der Waals surface area contributed by atoms with Gasteiger partial charge in [0.2, 0.25) is 0 Å². The van der Waals surface area contributed by atoms with Gasteiger partial charge in [-0.05, 0) is 24.3 Å². The van der Waals surface area contributed by atoms with Gasteiger partial charge in [-0.3, -0.25) is 5.41 Å². The molecule has 1 aromatic heterocycles. The second-order valence-electron chi connectivity index (χ2n) is 2.75. The van der Waals surface area contributed by atoms with Crippen LogP contribution in [0.15, 0.2) is 28.7 Å². The number of hydrogen-bond donors (Lipinski definition) is 3. The van der Waals surface area contributed by atoms with E-state index in [1.807, 2.05) is 0 Å². The topological polar surface area (TPSA) is 83.2 Å². The van der Waals surface area contributed by atoms with Crippen molar-refractivity contribution in [3.05, 3.63) is 30.0 Å². The molecule has 4 N–H and O–H groups in total. The molecule has 0 amide bonds. The van der Waals surface area contributed by atoms with E-state index in [1.165, 1.54) is 6.07 Å². The van der Waals surface area contributed by atoms with Crippen LogP contribution in [0.3, 0.4) is 0 Å². The summed E-state index contributed by atoms with van der Waals surface area (Å²) in [6.45, 7) is 0. The zero-order valence-electron chi connectivity index (χ0n) is 6.74. The Hall–Kier alpha value is -1.97. The molecule has 0 saturated heterocycles. The first-order chi connectivity index (χ1) is 6.16. The van der Waals surface area contributed by atoms with Gasteiger partial charge in [0.25, 0.3) is 0 Å². The molecule has 1 aromatic carbocycles. The van der Waals surface area contributed by atoms with E-state index in [1.54, 1.807) is 18.2 Å². The van der Waals surface area contributed by atoms with Crippen LogP contribution in [0.2, 0.25) is 0 Å². The monoisotopic (exact) mass is 176 g/mol. The number of phenols is 1. The summed E-state index contributed by atoms with van der Waals surface area (Å²) in [4.78, 5) is 0. The zero-order chi connectivity index (χ0) is 9.42. The third-order valence-corrected chi connectivity index (χ3v) is 1.77. The lowest BCUT2D eigenvalue weighted by atomic mass is 10.2. The van der Waals surface area contributed by atoms with E-state index in [9.17, 15) is 0 Å². The molecule has 2 rings (SSSR count). The number of nitrogens with two attached hydrogens (primary N) is 1. The number of aromatic hydroxyl groups is 1. The minimum atomic E-state index is -0.115. The first-order valence-corrected chi connectivity index (χ1v) is 3.74. The van der Waals surface area contributed by atoms with E-state index in [-0.39, 0.29) is 11.6 Å². The van der Waals surface area contributed by atoms with Crippen LogP contribution in [0.1, 0.15) is 5.76 Å². The van der Waals surface area contributed by atoms with Crippen LogP contribution < -0.4 is 5.73 Å². The van der Waals surface area contributed by atoms with E-state index >= 15 is 0 Å². The number of rotatable bonds is 1. The number of benzene rings is 1. The lowest BCUT2D eigenvalue weighted by Gasteiger charge is -1.89. The molecule has 0 spiro atoms. The molecule has 0 aliphatic carbocycles. The normalized spacial score (nSPS) is 10.5. The standard InChI is InChI=1S/C9H8N2O2/c10-9(11)8-4-5-3-6(12)1-2-7(5)13-8/h1-4,12H,(H3,10,11). The van der Waals surface area contributed by atoms with E-state index in [0.717, 1.165) is 5.39 Å². The number of nitrogens with one attached hydrogen (secondary N) is 1. The second kappa shape index (κ2) is 2.52. The minimum Gasteiger partial charge on any atom is -0.508 e. The van der Waals surface area contributed by atoms with Crippen molar-refractivity contribution in [3.8, 4) is 5.75 Å². The number of nitrogen functional groups attached to an aromatic ring is 1. The van der Waals surface area contributed by atoms with Gasteiger partial charge in [-0.15, -0.1) is 0 Å². The summed E-state index contributed by atoms with van der Waals surface area (Å²) in [5, 5.41) is 17.0. The molecule has 1 heterocycles. The zero-order valence-corrected chi connectivity index (χ0v) is 6.74. The molecule has 0 saturated carbocycles. The Labute approximate surface area is 74.1 Å². The van der Waals surface area contributed by atoms with Crippen LogP contribution >= 0.6 is 0 Å². The Morgan fingerprint density at radius 2 is 2.15 bits per heavy atom. The summed E-state index contributed by atoms with van der Waals surface area (Å²) in [6.07, 6.45) is 0. The van der Waals surface area contributed by atoms with Crippen molar-refractivity contribution in [3.63, 3.8) is 0 Å². The van der Waals surface area contributed by atoms with Crippen molar-refractivity contribution < 1.29 is 9.52 Å². The molecule has 0 radical (unpaired) electrons. The maximum Gasteiger partial charge on any atom is 0.169 e. The summed E-state index contributed by atoms with van der Waals surface area (Å²) in [7, 11) is 0. The van der Waals surface area contributed by atoms with Crippen molar-refractivity contribution in [2.75, 3.05) is 0 Å². The van der Waals surface area contributed by atoms with Gasteiger partial charge in [0.1, 0.15) is 11.3 Å². The van der Waals surface area contributed by atoms with Crippen molar-refractivity contribution in [1.82, 2.24) is 0 Å². The smallest absolute Gasteiger partial charge is 0.169 e. The van der Waals surface area contributed by atoms with Gasteiger partial charge in [0.15, 0.2) is 11.6 Å². The van der Waals surface area contributed by atoms with E-state index in [0.29, 0.717) is 11.3 Å². The number of furan rings is 1. The van der Waals surface area contributed by atoms with Crippen LogP contribution in [0.25, 0.3) is 11.0 Å². The summed E-state index contributed by atoms with van der Waals surface area (Å²) >= 11 is 0. The number of hydrogen-bond acceptors (Lipinski definition) is 3. The number of phenolic OH excluding ortho intramolecular Hbond substituents is 1. The maximum atomic E-state index is 9.15. The predicted octanol–water partition coefficient (Wildman–Crippen LogP) is 1.42. The van der Waals surface area contributed by atoms with Gasteiger partial charge in [-0.1, -0.05) is 0 Å². The van der Waals surface area contributed by atoms with Gasteiger partial charge in [0.05, 0.1) is 0 Å². The fourth-order valence-electron chi connectivity index (χ4n) is 1.16. The van der Waals surface area contributed by atoms with Crippen LogP contribution in [0.5, 0.6) is 5.75 Å². The maximum absolute atomic E-state index is 9.15. The summed E-state index contributed by atoms with van der Waals surface area (Å²) in [5.41, 5.74) is 5.86. The lowest BCUT2D eigenvalue weighted by molar-refractivity contribution is 0.476. The SMILES string of the molecule is N=C(N)c1cc2cc(O)ccc2o1. The quantitative estimate of drug-likeness (QED) is 0.454. The first kappa shape index (κ1) is 7.67. The third-order valence-electron chi connectivity index (χ3n) is 1.77. The second-order valence-corrected chi connectivity index (χ2v) is 2.75. The fraction of sp³-hybridized carbons (Fsp3) is 0. The van der Waals surface area contributed by atoms with Crippen LogP contribution in [0.4, 0.5) is 0 Å². The van der Waals surface area contributed by atoms with Crippen molar-refractivity contribution in [2.24, 2.45) is 5.73 Å². The molecule has 0 unspecified atom stereocenters. The molecule has 0 aliphatic heterocycles. The highest BCUT2D eigenvalue weighted by Gasteiger charge is 2.05. The molecule has 4 nitrogen and oxygen atoms in total. The highest BCUT2D eigenvalue weighted by atomic mass is 16.3. The predicted molar refractivity (Wildman–Crippen MR) is 48.9 cm³/mol. The molecule has 4 heteroatoms. The Kier molecular flexibility index (Phi) is 1.48. The minimum absolute atomic E-state index is 0.115. The average molecular weight is 176 g/mol. The number of amidine groups is 1. The average Bonchev–Trinajstić information content (AvgIpc) is 2.46. The fourth-order valence-corrected chi connectivity index (χ4v) is 1.16. The Bertz CT molecular complexity index is 473. The Morgan fingerprint density at radius 3 is 2.85 bits per heavy atom. The molecule has 0 atom stereocenters. The molecular formula is C9H8N2O2. The van der Waals surface area contributed by atoms with E-state index in [4.69, 9.17) is 20.7 Å². The molecule has 13 heavy (non-hydrogen) atoms. The number of fused-ring (bicyclic) bond motifs is 1. The van der Waals surface area contributed by atoms with Crippen LogP contribution in [-0.4, -0.2) is 10.9 Å². The summed E-state index contributed by atoms with van der Waals surface area (Å²) in [6, 6.07) is 6.34. The van der Waals surface area contributed by atoms with Crippen LogP contribution in [-0.2, 0) is 0 Å². The van der Waals surface area contributed by atoms with Crippen molar-refractivity contribution in [1.29, 1.82) is 5.41 Å². The van der Waals surface area contributed by atoms with Crippen molar-refractivity contribution >= 4 is 16.8 Å². The van der Waals surface area contributed by atoms with Gasteiger partial charge in [-0.25, -0.2) is 0 Å². The van der Waals surface area contributed by atoms with E-state index < -0.39 is 0 Å². The molecule has 2 aromatic rings. The molecular weight excluding hydrogens is 168 g/mol. The van der Waals surface area contributed by atoms with Gasteiger partial charge >= 0.3 is 0 Å². The first-order valence-electron chi connectivity index (χ1n) is 3.74. The highest BCUT2D eigenvalue weighted by molar-refractivity contribution is 5.96. The highest BCUT2D eigenvalue weighted by Crippen LogP contribution is 2.22. The van der Waals surface area contributed by atoms with Gasteiger partial charge in [0, 0.05) is 5.39 Å². The van der Waals surface area contributed by atoms with Crippen LogP contribution in [0, 0.1) is 5.41 Å². The van der Waals surface area contributed by atoms with Crippen molar-refractivity contribution in [2.45, 2.75) is 0 Å². The Balaban J connectivity index is 2.68. The summed E-state index contributed by atoms with van der Waals surface area (Å²) in [5.74, 6) is 0.375.